The van der Waals surface area contributed by atoms with Crippen LogP contribution in [0.15, 0.2) is 0 Å². The second-order valence-corrected chi connectivity index (χ2v) is 5.48. The Hall–Kier alpha value is -0.120. The standard InChI is InChI=1S/C13H26N2O/c1-3-4-10(2)13(7-14)15-8-11-5-6-12(9-15)16-11/h10-13H,3-9,14H2,1-2H3. The number of morpholine rings is 1. The second kappa shape index (κ2) is 5.48. The zero-order valence-electron chi connectivity index (χ0n) is 10.7. The fraction of sp³-hybridized carbons (Fsp3) is 1.00. The van der Waals surface area contributed by atoms with Crippen LogP contribution in [0.25, 0.3) is 0 Å². The van der Waals surface area contributed by atoms with E-state index in [1.54, 1.807) is 0 Å². The van der Waals surface area contributed by atoms with E-state index < -0.39 is 0 Å². The van der Waals surface area contributed by atoms with Gasteiger partial charge in [0.15, 0.2) is 0 Å². The van der Waals surface area contributed by atoms with Gasteiger partial charge in [0, 0.05) is 25.7 Å². The van der Waals surface area contributed by atoms with Crippen molar-refractivity contribution in [1.82, 2.24) is 4.90 Å². The van der Waals surface area contributed by atoms with E-state index in [2.05, 4.69) is 18.7 Å². The molecule has 3 heteroatoms. The van der Waals surface area contributed by atoms with E-state index in [-0.39, 0.29) is 0 Å². The van der Waals surface area contributed by atoms with Gasteiger partial charge >= 0.3 is 0 Å². The molecule has 0 aromatic carbocycles. The van der Waals surface area contributed by atoms with E-state index in [4.69, 9.17) is 10.5 Å². The first-order valence-electron chi connectivity index (χ1n) is 6.84. The Morgan fingerprint density at radius 2 is 1.94 bits per heavy atom. The summed E-state index contributed by atoms with van der Waals surface area (Å²) in [6.07, 6.45) is 6.02. The number of nitrogens with zero attached hydrogens (tertiary/aromatic N) is 1. The third-order valence-corrected chi connectivity index (χ3v) is 4.18. The van der Waals surface area contributed by atoms with Gasteiger partial charge in [0.25, 0.3) is 0 Å². The Bertz CT molecular complexity index is 210. The molecule has 2 aliphatic rings. The average Bonchev–Trinajstić information content (AvgIpc) is 2.59. The van der Waals surface area contributed by atoms with Crippen LogP contribution in [0.1, 0.15) is 39.5 Å². The van der Waals surface area contributed by atoms with Crippen LogP contribution < -0.4 is 5.73 Å². The zero-order chi connectivity index (χ0) is 11.5. The van der Waals surface area contributed by atoms with Crippen LogP contribution in [0, 0.1) is 5.92 Å². The van der Waals surface area contributed by atoms with Gasteiger partial charge < -0.3 is 10.5 Å². The van der Waals surface area contributed by atoms with Crippen LogP contribution in [0.4, 0.5) is 0 Å². The first-order valence-corrected chi connectivity index (χ1v) is 6.84. The van der Waals surface area contributed by atoms with E-state index in [1.165, 1.54) is 25.7 Å². The Balaban J connectivity index is 1.93. The molecule has 2 N–H and O–H groups in total. The molecule has 4 atom stereocenters. The SMILES string of the molecule is CCCC(C)C(CN)N1CC2CCC(C1)O2. The van der Waals surface area contributed by atoms with Gasteiger partial charge in [-0.25, -0.2) is 0 Å². The number of rotatable bonds is 5. The topological polar surface area (TPSA) is 38.5 Å². The van der Waals surface area contributed by atoms with Crippen molar-refractivity contribution in [3.05, 3.63) is 0 Å². The molecule has 2 fully saturated rings. The Morgan fingerprint density at radius 1 is 1.31 bits per heavy atom. The molecule has 2 rings (SSSR count). The quantitative estimate of drug-likeness (QED) is 0.774. The van der Waals surface area contributed by atoms with Crippen LogP contribution in [-0.4, -0.2) is 42.8 Å². The Labute approximate surface area is 99.3 Å². The number of hydrogen-bond acceptors (Lipinski definition) is 3. The van der Waals surface area contributed by atoms with Gasteiger partial charge in [-0.1, -0.05) is 20.3 Å². The van der Waals surface area contributed by atoms with E-state index in [9.17, 15) is 0 Å². The van der Waals surface area contributed by atoms with Crippen molar-refractivity contribution in [2.45, 2.75) is 57.8 Å². The summed E-state index contributed by atoms with van der Waals surface area (Å²) in [5.41, 5.74) is 5.96. The van der Waals surface area contributed by atoms with Gasteiger partial charge in [-0.05, 0) is 25.2 Å². The molecule has 2 saturated heterocycles. The Morgan fingerprint density at radius 3 is 2.44 bits per heavy atom. The molecule has 0 amide bonds. The van der Waals surface area contributed by atoms with E-state index in [1.807, 2.05) is 0 Å². The molecule has 2 aliphatic heterocycles. The number of likely N-dealkylation sites (tertiary alicyclic amines) is 1. The fourth-order valence-corrected chi connectivity index (χ4v) is 3.31. The molecule has 0 spiro atoms. The first kappa shape index (κ1) is 12.3. The largest absolute Gasteiger partial charge is 0.372 e. The van der Waals surface area contributed by atoms with E-state index in [0.717, 1.165) is 19.6 Å². The lowest BCUT2D eigenvalue weighted by atomic mass is 9.95. The summed E-state index contributed by atoms with van der Waals surface area (Å²) in [5.74, 6) is 0.715. The predicted molar refractivity (Wildman–Crippen MR) is 66.4 cm³/mol. The van der Waals surface area contributed by atoms with Gasteiger partial charge in [-0.2, -0.15) is 0 Å². The lowest BCUT2D eigenvalue weighted by Crippen LogP contribution is -2.52. The highest BCUT2D eigenvalue weighted by Crippen LogP contribution is 2.29. The van der Waals surface area contributed by atoms with Crippen molar-refractivity contribution < 1.29 is 4.74 Å². The van der Waals surface area contributed by atoms with Gasteiger partial charge in [-0.3, -0.25) is 4.90 Å². The smallest absolute Gasteiger partial charge is 0.0707 e. The monoisotopic (exact) mass is 226 g/mol. The number of fused-ring (bicyclic) bond motifs is 2. The second-order valence-electron chi connectivity index (χ2n) is 5.48. The number of ether oxygens (including phenoxy) is 1. The highest BCUT2D eigenvalue weighted by Gasteiger charge is 2.37. The molecule has 0 aromatic heterocycles. The summed E-state index contributed by atoms with van der Waals surface area (Å²) in [4.78, 5) is 2.59. The normalized spacial score (nSPS) is 33.9. The van der Waals surface area contributed by atoms with Crippen molar-refractivity contribution >= 4 is 0 Å². The van der Waals surface area contributed by atoms with Crippen LogP contribution in [0.2, 0.25) is 0 Å². The van der Waals surface area contributed by atoms with E-state index in [0.29, 0.717) is 24.2 Å². The summed E-state index contributed by atoms with van der Waals surface area (Å²) >= 11 is 0. The summed E-state index contributed by atoms with van der Waals surface area (Å²) in [5, 5.41) is 0. The molecule has 0 saturated carbocycles. The molecule has 94 valence electrons. The maximum Gasteiger partial charge on any atom is 0.0707 e. The van der Waals surface area contributed by atoms with Crippen molar-refractivity contribution in [2.24, 2.45) is 11.7 Å². The number of hydrogen-bond donors (Lipinski definition) is 1. The maximum atomic E-state index is 5.96. The zero-order valence-corrected chi connectivity index (χ0v) is 10.7. The molecule has 3 nitrogen and oxygen atoms in total. The van der Waals surface area contributed by atoms with Crippen LogP contribution in [-0.2, 0) is 4.74 Å². The predicted octanol–water partition coefficient (Wildman–Crippen LogP) is 1.61. The molecule has 0 aromatic rings. The van der Waals surface area contributed by atoms with Gasteiger partial charge in [0.05, 0.1) is 12.2 Å². The van der Waals surface area contributed by atoms with Crippen molar-refractivity contribution in [3.63, 3.8) is 0 Å². The van der Waals surface area contributed by atoms with Crippen LogP contribution in [0.5, 0.6) is 0 Å². The third-order valence-electron chi connectivity index (χ3n) is 4.18. The minimum absolute atomic E-state index is 0.488. The Kier molecular flexibility index (Phi) is 4.22. The van der Waals surface area contributed by atoms with E-state index >= 15 is 0 Å². The molecule has 0 radical (unpaired) electrons. The lowest BCUT2D eigenvalue weighted by Gasteiger charge is -2.40. The van der Waals surface area contributed by atoms with Gasteiger partial charge in [0.1, 0.15) is 0 Å². The van der Waals surface area contributed by atoms with Gasteiger partial charge in [0.2, 0.25) is 0 Å². The number of nitrogens with two attached hydrogens (primary N) is 1. The molecule has 4 unspecified atom stereocenters. The fourth-order valence-electron chi connectivity index (χ4n) is 3.31. The third kappa shape index (κ3) is 2.58. The molecule has 16 heavy (non-hydrogen) atoms. The maximum absolute atomic E-state index is 5.96. The first-order chi connectivity index (χ1) is 7.74. The summed E-state index contributed by atoms with van der Waals surface area (Å²) in [6.45, 7) is 7.60. The van der Waals surface area contributed by atoms with Crippen molar-refractivity contribution in [1.29, 1.82) is 0 Å². The highest BCUT2D eigenvalue weighted by molar-refractivity contribution is 4.89. The summed E-state index contributed by atoms with van der Waals surface area (Å²) < 4.78 is 5.88. The summed E-state index contributed by atoms with van der Waals surface area (Å²) in [6, 6.07) is 0.562. The van der Waals surface area contributed by atoms with Crippen LogP contribution >= 0.6 is 0 Å². The lowest BCUT2D eigenvalue weighted by molar-refractivity contribution is -0.0589. The van der Waals surface area contributed by atoms with Gasteiger partial charge in [-0.15, -0.1) is 0 Å². The minimum atomic E-state index is 0.488. The molecular formula is C13H26N2O. The molecular weight excluding hydrogens is 200 g/mol. The highest BCUT2D eigenvalue weighted by atomic mass is 16.5. The molecule has 0 aliphatic carbocycles. The van der Waals surface area contributed by atoms with Crippen molar-refractivity contribution in [3.8, 4) is 0 Å². The average molecular weight is 226 g/mol. The molecule has 2 heterocycles. The minimum Gasteiger partial charge on any atom is -0.372 e. The summed E-state index contributed by atoms with van der Waals surface area (Å²) in [7, 11) is 0. The van der Waals surface area contributed by atoms with Crippen LogP contribution in [0.3, 0.4) is 0 Å². The van der Waals surface area contributed by atoms with Crippen molar-refractivity contribution in [2.75, 3.05) is 19.6 Å². The molecule has 2 bridgehead atoms.